The number of amides is 1. The van der Waals surface area contributed by atoms with Crippen LogP contribution >= 0.6 is 11.3 Å². The van der Waals surface area contributed by atoms with E-state index >= 15 is 0 Å². The highest BCUT2D eigenvalue weighted by Gasteiger charge is 2.13. The number of nitrogens with zero attached hydrogens (tertiary/aromatic N) is 1. The van der Waals surface area contributed by atoms with Crippen molar-refractivity contribution < 1.29 is 4.79 Å². The molecule has 0 aliphatic carbocycles. The molecule has 0 fully saturated rings. The molecule has 0 bridgehead atoms. The summed E-state index contributed by atoms with van der Waals surface area (Å²) >= 11 is 1.73. The summed E-state index contributed by atoms with van der Waals surface area (Å²) < 4.78 is 1.27. The Morgan fingerprint density at radius 3 is 2.91 bits per heavy atom. The van der Waals surface area contributed by atoms with Crippen LogP contribution in [0.4, 0.5) is 0 Å². The molecule has 0 spiro atoms. The highest BCUT2D eigenvalue weighted by atomic mass is 32.1. The van der Waals surface area contributed by atoms with Gasteiger partial charge in [-0.1, -0.05) is 24.3 Å². The van der Waals surface area contributed by atoms with Crippen LogP contribution < -0.4 is 5.32 Å². The summed E-state index contributed by atoms with van der Waals surface area (Å²) in [5.41, 5.74) is 2.27. The number of carbonyl (C=O) groups is 1. The first-order chi connectivity index (χ1) is 11.2. The molecule has 23 heavy (non-hydrogen) atoms. The zero-order valence-corrected chi connectivity index (χ0v) is 13.6. The normalized spacial score (nSPS) is 11.8. The number of nitrogens with one attached hydrogen (secondary N) is 1. The van der Waals surface area contributed by atoms with E-state index in [2.05, 4.69) is 28.9 Å². The molecule has 3 aromatic rings. The summed E-state index contributed by atoms with van der Waals surface area (Å²) in [7, 11) is 0. The Balaban J connectivity index is 1.70. The molecule has 1 amide bonds. The van der Waals surface area contributed by atoms with Crippen LogP contribution in [0.3, 0.4) is 0 Å². The van der Waals surface area contributed by atoms with Gasteiger partial charge in [-0.3, -0.25) is 4.79 Å². The Morgan fingerprint density at radius 2 is 2.09 bits per heavy atom. The first-order valence-electron chi connectivity index (χ1n) is 7.43. The molecule has 1 aromatic heterocycles. The topological polar surface area (TPSA) is 52.9 Å². The van der Waals surface area contributed by atoms with Crippen molar-refractivity contribution in [3.63, 3.8) is 0 Å². The molecule has 0 aliphatic rings. The van der Waals surface area contributed by atoms with Gasteiger partial charge in [0.05, 0.1) is 11.6 Å². The molecule has 4 heteroatoms. The van der Waals surface area contributed by atoms with Crippen LogP contribution in [0, 0.1) is 11.3 Å². The van der Waals surface area contributed by atoms with Crippen LogP contribution in [-0.4, -0.2) is 11.9 Å². The molecular formula is C19H16N2OS. The first-order valence-corrected chi connectivity index (χ1v) is 8.31. The summed E-state index contributed by atoms with van der Waals surface area (Å²) in [5, 5.41) is 15.3. The van der Waals surface area contributed by atoms with Gasteiger partial charge in [0.25, 0.3) is 5.91 Å². The lowest BCUT2D eigenvalue weighted by Gasteiger charge is -2.13. The third kappa shape index (κ3) is 3.41. The summed E-state index contributed by atoms with van der Waals surface area (Å²) in [6.07, 6.45) is 0.785. The molecule has 3 nitrogen and oxygen atoms in total. The fraction of sp³-hybridized carbons (Fsp3) is 0.158. The number of thiophene rings is 1. The lowest BCUT2D eigenvalue weighted by atomic mass is 10.1. The van der Waals surface area contributed by atoms with Crippen LogP contribution in [0.15, 0.2) is 53.9 Å². The highest BCUT2D eigenvalue weighted by Crippen LogP contribution is 2.26. The summed E-state index contributed by atoms with van der Waals surface area (Å²) in [6.45, 7) is 2.00. The predicted molar refractivity (Wildman–Crippen MR) is 93.6 cm³/mol. The third-order valence-electron chi connectivity index (χ3n) is 3.72. The number of fused-ring (bicyclic) bond motifs is 1. The second-order valence-electron chi connectivity index (χ2n) is 5.53. The number of hydrogen-bond donors (Lipinski definition) is 1. The quantitative estimate of drug-likeness (QED) is 0.785. The maximum absolute atomic E-state index is 12.3. The van der Waals surface area contributed by atoms with Crippen molar-refractivity contribution in [1.29, 1.82) is 5.26 Å². The largest absolute Gasteiger partial charge is 0.349 e. The molecule has 0 saturated carbocycles. The van der Waals surface area contributed by atoms with Crippen LogP contribution in [0.1, 0.15) is 28.4 Å². The van der Waals surface area contributed by atoms with Gasteiger partial charge in [-0.2, -0.15) is 5.26 Å². The van der Waals surface area contributed by atoms with Crippen LogP contribution in [0.2, 0.25) is 0 Å². The molecule has 114 valence electrons. The molecule has 1 heterocycles. The van der Waals surface area contributed by atoms with Gasteiger partial charge >= 0.3 is 0 Å². The van der Waals surface area contributed by atoms with E-state index in [4.69, 9.17) is 5.26 Å². The molecule has 0 aliphatic heterocycles. The fourth-order valence-electron chi connectivity index (χ4n) is 2.61. The van der Waals surface area contributed by atoms with Crippen molar-refractivity contribution in [1.82, 2.24) is 5.32 Å². The zero-order chi connectivity index (χ0) is 16.2. The Bertz CT molecular complexity index is 892. The van der Waals surface area contributed by atoms with Gasteiger partial charge < -0.3 is 5.32 Å². The van der Waals surface area contributed by atoms with E-state index in [0.29, 0.717) is 11.1 Å². The van der Waals surface area contributed by atoms with Crippen molar-refractivity contribution in [3.05, 3.63) is 70.6 Å². The Labute approximate surface area is 139 Å². The molecule has 1 atom stereocenters. The molecule has 3 rings (SSSR count). The number of rotatable bonds is 4. The summed E-state index contributed by atoms with van der Waals surface area (Å²) in [4.78, 5) is 12.3. The second-order valence-corrected chi connectivity index (χ2v) is 6.44. The van der Waals surface area contributed by atoms with Crippen LogP contribution in [-0.2, 0) is 6.42 Å². The Kier molecular flexibility index (Phi) is 4.40. The van der Waals surface area contributed by atoms with Gasteiger partial charge in [-0.25, -0.2) is 0 Å². The molecule has 1 N–H and O–H groups in total. The van der Waals surface area contributed by atoms with E-state index in [9.17, 15) is 4.79 Å². The van der Waals surface area contributed by atoms with E-state index in [0.717, 1.165) is 6.42 Å². The summed E-state index contributed by atoms with van der Waals surface area (Å²) in [6, 6.07) is 17.1. The minimum Gasteiger partial charge on any atom is -0.349 e. The number of nitriles is 1. The van der Waals surface area contributed by atoms with Crippen LogP contribution in [0.25, 0.3) is 10.1 Å². The highest BCUT2D eigenvalue weighted by molar-refractivity contribution is 7.17. The second kappa shape index (κ2) is 6.64. The average Bonchev–Trinajstić information content (AvgIpc) is 2.98. The van der Waals surface area contributed by atoms with E-state index < -0.39 is 0 Å². The smallest absolute Gasteiger partial charge is 0.251 e. The van der Waals surface area contributed by atoms with Gasteiger partial charge in [0, 0.05) is 16.3 Å². The molecular weight excluding hydrogens is 304 g/mol. The van der Waals surface area contributed by atoms with Gasteiger partial charge in [0.1, 0.15) is 0 Å². The monoisotopic (exact) mass is 320 g/mol. The standard InChI is InChI=1S/C19H16N2OS/c1-13(9-16-12-23-18-8-3-2-7-17(16)18)21-19(22)15-6-4-5-14(10-15)11-20/h2-8,10,12-13H,9H2,1H3,(H,21,22). The number of carbonyl (C=O) groups excluding carboxylic acids is 1. The zero-order valence-electron chi connectivity index (χ0n) is 12.7. The minimum atomic E-state index is -0.144. The Morgan fingerprint density at radius 1 is 1.26 bits per heavy atom. The van der Waals surface area contributed by atoms with E-state index in [1.165, 1.54) is 15.6 Å². The molecule has 1 unspecified atom stereocenters. The van der Waals surface area contributed by atoms with Crippen molar-refractivity contribution in [2.75, 3.05) is 0 Å². The SMILES string of the molecule is CC(Cc1csc2ccccc12)NC(=O)c1cccc(C#N)c1. The van der Waals surface area contributed by atoms with E-state index in [1.807, 2.05) is 19.1 Å². The van der Waals surface area contributed by atoms with Crippen molar-refractivity contribution in [3.8, 4) is 6.07 Å². The molecule has 0 radical (unpaired) electrons. The van der Waals surface area contributed by atoms with Crippen molar-refractivity contribution in [2.45, 2.75) is 19.4 Å². The average molecular weight is 320 g/mol. The lowest BCUT2D eigenvalue weighted by Crippen LogP contribution is -2.34. The maximum atomic E-state index is 12.3. The van der Waals surface area contributed by atoms with E-state index in [-0.39, 0.29) is 11.9 Å². The van der Waals surface area contributed by atoms with Gasteiger partial charge in [0.2, 0.25) is 0 Å². The number of benzene rings is 2. The van der Waals surface area contributed by atoms with Gasteiger partial charge in [-0.05, 0) is 53.9 Å². The first kappa shape index (κ1) is 15.3. The number of hydrogen-bond acceptors (Lipinski definition) is 3. The predicted octanol–water partition coefficient (Wildman–Crippen LogP) is 4.13. The Hall–Kier alpha value is -2.64. The summed E-state index contributed by atoms with van der Waals surface area (Å²) in [5.74, 6) is -0.144. The lowest BCUT2D eigenvalue weighted by molar-refractivity contribution is 0.0940. The van der Waals surface area contributed by atoms with Crippen LogP contribution in [0.5, 0.6) is 0 Å². The van der Waals surface area contributed by atoms with E-state index in [1.54, 1.807) is 35.6 Å². The van der Waals surface area contributed by atoms with Crippen molar-refractivity contribution in [2.24, 2.45) is 0 Å². The maximum Gasteiger partial charge on any atom is 0.251 e. The van der Waals surface area contributed by atoms with Gasteiger partial charge in [0.15, 0.2) is 0 Å². The molecule has 2 aromatic carbocycles. The third-order valence-corrected chi connectivity index (χ3v) is 4.73. The minimum absolute atomic E-state index is 0.0197. The molecule has 0 saturated heterocycles. The fourth-order valence-corrected chi connectivity index (χ4v) is 3.58. The van der Waals surface area contributed by atoms with Crippen molar-refractivity contribution >= 4 is 27.3 Å². The van der Waals surface area contributed by atoms with Gasteiger partial charge in [-0.15, -0.1) is 11.3 Å².